The van der Waals surface area contributed by atoms with Gasteiger partial charge in [0.1, 0.15) is 0 Å². The van der Waals surface area contributed by atoms with E-state index in [9.17, 15) is 5.11 Å². The second kappa shape index (κ2) is 5.60. The highest BCUT2D eigenvalue weighted by molar-refractivity contribution is 5.86. The fourth-order valence-electron chi connectivity index (χ4n) is 1.47. The van der Waals surface area contributed by atoms with Gasteiger partial charge in [0.2, 0.25) is 5.96 Å². The maximum Gasteiger partial charge on any atom is 0.211 e. The van der Waals surface area contributed by atoms with Gasteiger partial charge in [-0.1, -0.05) is 20.8 Å². The maximum absolute atomic E-state index is 10.0. The smallest absolute Gasteiger partial charge is 0.211 e. The lowest BCUT2D eigenvalue weighted by Crippen LogP contribution is -2.21. The van der Waals surface area contributed by atoms with Crippen LogP contribution in [-0.4, -0.2) is 24.4 Å². The van der Waals surface area contributed by atoms with Crippen molar-refractivity contribution in [1.82, 2.24) is 0 Å². The third-order valence-corrected chi connectivity index (χ3v) is 2.56. The molecule has 0 saturated carbocycles. The molecule has 1 rings (SSSR count). The zero-order chi connectivity index (χ0) is 14.6. The van der Waals surface area contributed by atoms with Crippen LogP contribution in [0.2, 0.25) is 0 Å². The molecule has 0 aliphatic rings. The normalized spacial score (nSPS) is 11.6. The van der Waals surface area contributed by atoms with Gasteiger partial charge in [-0.15, -0.1) is 5.10 Å². The molecule has 0 aromatic heterocycles. The summed E-state index contributed by atoms with van der Waals surface area (Å²) in [7, 11) is 1.50. The predicted molar refractivity (Wildman–Crippen MR) is 76.8 cm³/mol. The minimum absolute atomic E-state index is 0.00467. The van der Waals surface area contributed by atoms with E-state index < -0.39 is 0 Å². The van der Waals surface area contributed by atoms with E-state index in [0.29, 0.717) is 11.3 Å². The van der Waals surface area contributed by atoms with Crippen LogP contribution in [0.1, 0.15) is 31.9 Å². The Balaban J connectivity index is 3.30. The summed E-state index contributed by atoms with van der Waals surface area (Å²) in [5.41, 5.74) is 11.8. The van der Waals surface area contributed by atoms with E-state index in [1.54, 1.807) is 6.07 Å². The molecule has 1 aromatic carbocycles. The lowest BCUT2D eigenvalue weighted by Gasteiger charge is -2.21. The summed E-state index contributed by atoms with van der Waals surface area (Å²) >= 11 is 0. The van der Waals surface area contributed by atoms with E-state index in [1.807, 2.05) is 6.07 Å². The van der Waals surface area contributed by atoms with E-state index in [-0.39, 0.29) is 17.1 Å². The number of phenolic OH excluding ortho intramolecular Hbond substituents is 1. The van der Waals surface area contributed by atoms with Crippen molar-refractivity contribution in [2.45, 2.75) is 26.2 Å². The molecule has 0 unspecified atom stereocenters. The fourth-order valence-corrected chi connectivity index (χ4v) is 1.47. The maximum atomic E-state index is 10.0. The van der Waals surface area contributed by atoms with Gasteiger partial charge in [0.05, 0.1) is 13.3 Å². The van der Waals surface area contributed by atoms with Gasteiger partial charge in [-0.3, -0.25) is 0 Å². The average Bonchev–Trinajstić information content (AvgIpc) is 2.29. The number of ether oxygens (including phenoxy) is 1. The summed E-state index contributed by atoms with van der Waals surface area (Å²) in [5, 5.41) is 17.2. The third kappa shape index (κ3) is 3.87. The molecule has 19 heavy (non-hydrogen) atoms. The molecular weight excluding hydrogens is 244 g/mol. The molecule has 0 heterocycles. The van der Waals surface area contributed by atoms with Crippen molar-refractivity contribution in [3.63, 3.8) is 0 Å². The van der Waals surface area contributed by atoms with Crippen molar-refractivity contribution < 1.29 is 9.84 Å². The highest BCUT2D eigenvalue weighted by Gasteiger charge is 2.18. The number of hydrogen-bond acceptors (Lipinski definition) is 4. The number of aromatic hydroxyl groups is 1. The number of rotatable bonds is 3. The van der Waals surface area contributed by atoms with Gasteiger partial charge in [-0.05, 0) is 23.1 Å². The Hall–Kier alpha value is -2.24. The Morgan fingerprint density at radius 3 is 2.42 bits per heavy atom. The van der Waals surface area contributed by atoms with E-state index in [0.717, 1.165) is 5.56 Å². The Morgan fingerprint density at radius 2 is 1.95 bits per heavy atom. The first-order valence-electron chi connectivity index (χ1n) is 5.79. The number of nitrogens with two attached hydrogens (primary N) is 2. The third-order valence-electron chi connectivity index (χ3n) is 2.56. The number of nitrogens with zero attached hydrogens (tertiary/aromatic N) is 2. The van der Waals surface area contributed by atoms with Gasteiger partial charge >= 0.3 is 0 Å². The first-order chi connectivity index (χ1) is 8.75. The molecule has 0 spiro atoms. The lowest BCUT2D eigenvalue weighted by molar-refractivity contribution is 0.371. The van der Waals surface area contributed by atoms with Crippen LogP contribution in [-0.2, 0) is 5.41 Å². The van der Waals surface area contributed by atoms with Crippen molar-refractivity contribution in [2.75, 3.05) is 7.11 Å². The lowest BCUT2D eigenvalue weighted by atomic mass is 9.86. The minimum Gasteiger partial charge on any atom is -0.504 e. The molecule has 0 amide bonds. The van der Waals surface area contributed by atoms with E-state index in [4.69, 9.17) is 16.2 Å². The van der Waals surface area contributed by atoms with Crippen LogP contribution in [0.3, 0.4) is 0 Å². The molecule has 0 atom stereocenters. The molecule has 6 nitrogen and oxygen atoms in total. The number of methoxy groups -OCH3 is 1. The molecule has 0 aliphatic heterocycles. The zero-order valence-electron chi connectivity index (χ0n) is 11.6. The summed E-state index contributed by atoms with van der Waals surface area (Å²) in [6.07, 6.45) is 1.38. The van der Waals surface area contributed by atoms with Crippen LogP contribution in [0.25, 0.3) is 0 Å². The Labute approximate surface area is 112 Å². The molecule has 0 aliphatic carbocycles. The molecule has 0 bridgehead atoms. The molecule has 6 heteroatoms. The van der Waals surface area contributed by atoms with Gasteiger partial charge in [-0.25, -0.2) is 0 Å². The van der Waals surface area contributed by atoms with Crippen LogP contribution in [0, 0.1) is 0 Å². The Kier molecular flexibility index (Phi) is 4.37. The molecule has 0 fully saturated rings. The van der Waals surface area contributed by atoms with E-state index >= 15 is 0 Å². The molecule has 104 valence electrons. The summed E-state index contributed by atoms with van der Waals surface area (Å²) in [6.45, 7) is 6.20. The van der Waals surface area contributed by atoms with Crippen molar-refractivity contribution >= 4 is 12.2 Å². The topological polar surface area (TPSA) is 106 Å². The number of benzene rings is 1. The van der Waals surface area contributed by atoms with Crippen LogP contribution in [0.4, 0.5) is 0 Å². The van der Waals surface area contributed by atoms with Gasteiger partial charge in [0.15, 0.2) is 11.5 Å². The molecular formula is C13H20N4O2. The van der Waals surface area contributed by atoms with E-state index in [1.165, 1.54) is 13.3 Å². The van der Waals surface area contributed by atoms with Crippen LogP contribution < -0.4 is 16.2 Å². The summed E-state index contributed by atoms with van der Waals surface area (Å²) in [6, 6.07) is 3.62. The highest BCUT2D eigenvalue weighted by atomic mass is 16.5. The molecule has 0 radical (unpaired) electrons. The van der Waals surface area contributed by atoms with Crippen LogP contribution in [0.15, 0.2) is 22.3 Å². The Bertz CT molecular complexity index is 512. The van der Waals surface area contributed by atoms with Crippen molar-refractivity contribution in [1.29, 1.82) is 0 Å². The number of phenols is 1. The quantitative estimate of drug-likeness (QED) is 0.434. The van der Waals surface area contributed by atoms with Crippen molar-refractivity contribution in [3.8, 4) is 11.5 Å². The van der Waals surface area contributed by atoms with Crippen molar-refractivity contribution in [2.24, 2.45) is 21.7 Å². The summed E-state index contributed by atoms with van der Waals surface area (Å²) in [5.74, 6) is 0.248. The average molecular weight is 264 g/mol. The summed E-state index contributed by atoms with van der Waals surface area (Å²) in [4.78, 5) is 0. The molecule has 5 N–H and O–H groups in total. The van der Waals surface area contributed by atoms with Crippen LogP contribution in [0.5, 0.6) is 11.5 Å². The minimum atomic E-state index is -0.144. The first-order valence-corrected chi connectivity index (χ1v) is 5.79. The van der Waals surface area contributed by atoms with Gasteiger partial charge in [0.25, 0.3) is 0 Å². The monoisotopic (exact) mass is 264 g/mol. The van der Waals surface area contributed by atoms with Crippen molar-refractivity contribution in [3.05, 3.63) is 23.3 Å². The Morgan fingerprint density at radius 1 is 1.32 bits per heavy atom. The van der Waals surface area contributed by atoms with Gasteiger partial charge in [-0.2, -0.15) is 5.10 Å². The standard InChI is InChI=1S/C13H20N4O2/c1-13(2,3)9-5-8(7-16-17-12(14)15)11(18)10(6-9)19-4/h5-7,18H,1-4H3,(H4,14,15,17). The predicted octanol–water partition coefficient (Wildman–Crippen LogP) is 1.31. The van der Waals surface area contributed by atoms with Crippen LogP contribution >= 0.6 is 0 Å². The second-order valence-electron chi connectivity index (χ2n) is 5.14. The highest BCUT2D eigenvalue weighted by Crippen LogP contribution is 2.35. The molecule has 1 aromatic rings. The fraction of sp³-hybridized carbons (Fsp3) is 0.385. The number of guanidine groups is 1. The van der Waals surface area contributed by atoms with E-state index in [2.05, 4.69) is 31.0 Å². The second-order valence-corrected chi connectivity index (χ2v) is 5.14. The van der Waals surface area contributed by atoms with Gasteiger partial charge in [0, 0.05) is 5.56 Å². The molecule has 0 saturated heterocycles. The summed E-state index contributed by atoms with van der Waals surface area (Å²) < 4.78 is 5.15. The number of hydrogen-bond donors (Lipinski definition) is 3. The van der Waals surface area contributed by atoms with Gasteiger partial charge < -0.3 is 21.3 Å². The first kappa shape index (κ1) is 14.8. The largest absolute Gasteiger partial charge is 0.504 e. The SMILES string of the molecule is COc1cc(C(C)(C)C)cc(C=NN=C(N)N)c1O. The zero-order valence-corrected chi connectivity index (χ0v) is 11.6.